The number of ketones is 1. The molecule has 1 aromatic heterocycles. The molecule has 2 aliphatic rings. The number of aliphatic hydroxyl groups excluding tert-OH is 1. The van der Waals surface area contributed by atoms with Gasteiger partial charge in [-0.3, -0.25) is 14.5 Å². The standard InChI is InChI=1S/C20H28N4O4/c1-14(2)13-24-19(28)23(10-11-25)18(27)20(24)5-8-22(9-6-20)17-12-16(15(3)26)4-7-21-17/h4,7,12,14,25H,5-6,8-11,13H2,1-3H3. The Hall–Kier alpha value is -2.48. The van der Waals surface area contributed by atoms with E-state index in [0.717, 1.165) is 0 Å². The van der Waals surface area contributed by atoms with Gasteiger partial charge in [0.2, 0.25) is 0 Å². The zero-order chi connectivity index (χ0) is 20.5. The van der Waals surface area contributed by atoms with Gasteiger partial charge in [0, 0.05) is 31.4 Å². The summed E-state index contributed by atoms with van der Waals surface area (Å²) in [4.78, 5) is 46.9. The number of urea groups is 1. The number of β-amino-alcohol motifs (C(OH)–C–C–N with tert-alkyl or cyclic N) is 1. The molecule has 0 aliphatic carbocycles. The van der Waals surface area contributed by atoms with Gasteiger partial charge in [0.25, 0.3) is 5.91 Å². The Morgan fingerprint density at radius 2 is 1.96 bits per heavy atom. The van der Waals surface area contributed by atoms with Gasteiger partial charge in [-0.25, -0.2) is 9.78 Å². The first-order valence-corrected chi connectivity index (χ1v) is 9.76. The zero-order valence-electron chi connectivity index (χ0n) is 16.7. The minimum absolute atomic E-state index is 0.0172. The summed E-state index contributed by atoms with van der Waals surface area (Å²) < 4.78 is 0. The van der Waals surface area contributed by atoms with Crippen LogP contribution in [0, 0.1) is 5.92 Å². The first kappa shape index (κ1) is 20.3. The van der Waals surface area contributed by atoms with Crippen LogP contribution in [0.25, 0.3) is 0 Å². The molecule has 2 saturated heterocycles. The number of rotatable bonds is 6. The van der Waals surface area contributed by atoms with E-state index in [2.05, 4.69) is 9.88 Å². The van der Waals surface area contributed by atoms with Crippen LogP contribution in [0.5, 0.6) is 0 Å². The van der Waals surface area contributed by atoms with E-state index in [-0.39, 0.29) is 36.8 Å². The van der Waals surface area contributed by atoms with Gasteiger partial charge < -0.3 is 14.9 Å². The molecule has 3 rings (SSSR count). The zero-order valence-corrected chi connectivity index (χ0v) is 16.7. The van der Waals surface area contributed by atoms with Crippen molar-refractivity contribution in [3.8, 4) is 0 Å². The molecule has 1 spiro atoms. The summed E-state index contributed by atoms with van der Waals surface area (Å²) in [5.74, 6) is 0.713. The molecule has 8 nitrogen and oxygen atoms in total. The molecule has 3 heterocycles. The maximum absolute atomic E-state index is 13.1. The number of aromatic nitrogens is 1. The van der Waals surface area contributed by atoms with Crippen molar-refractivity contribution in [3.63, 3.8) is 0 Å². The lowest BCUT2D eigenvalue weighted by atomic mass is 9.85. The number of amides is 3. The lowest BCUT2D eigenvalue weighted by molar-refractivity contribution is -0.134. The van der Waals surface area contributed by atoms with E-state index in [0.29, 0.717) is 43.9 Å². The van der Waals surface area contributed by atoms with Crippen LogP contribution in [0.3, 0.4) is 0 Å². The molecular weight excluding hydrogens is 360 g/mol. The van der Waals surface area contributed by atoms with Gasteiger partial charge in [-0.2, -0.15) is 0 Å². The highest BCUT2D eigenvalue weighted by atomic mass is 16.3. The minimum atomic E-state index is -0.856. The fraction of sp³-hybridized carbons (Fsp3) is 0.600. The smallest absolute Gasteiger partial charge is 0.327 e. The fourth-order valence-corrected chi connectivity index (χ4v) is 4.10. The van der Waals surface area contributed by atoms with E-state index < -0.39 is 5.54 Å². The predicted molar refractivity (Wildman–Crippen MR) is 104 cm³/mol. The van der Waals surface area contributed by atoms with Crippen LogP contribution in [0.4, 0.5) is 10.6 Å². The first-order chi connectivity index (χ1) is 13.3. The fourth-order valence-electron chi connectivity index (χ4n) is 4.10. The van der Waals surface area contributed by atoms with Crippen LogP contribution < -0.4 is 4.90 Å². The molecule has 0 aromatic carbocycles. The number of hydrogen-bond donors (Lipinski definition) is 1. The minimum Gasteiger partial charge on any atom is -0.395 e. The monoisotopic (exact) mass is 388 g/mol. The van der Waals surface area contributed by atoms with Gasteiger partial charge in [-0.05, 0) is 37.8 Å². The Balaban J connectivity index is 1.83. The largest absolute Gasteiger partial charge is 0.395 e. The van der Waals surface area contributed by atoms with Gasteiger partial charge in [0.05, 0.1) is 13.2 Å². The lowest BCUT2D eigenvalue weighted by Gasteiger charge is -2.43. The Bertz CT molecular complexity index is 771. The molecule has 2 fully saturated rings. The third kappa shape index (κ3) is 3.48. The lowest BCUT2D eigenvalue weighted by Crippen LogP contribution is -2.57. The second-order valence-electron chi connectivity index (χ2n) is 7.94. The van der Waals surface area contributed by atoms with Crippen molar-refractivity contribution in [1.82, 2.24) is 14.8 Å². The molecule has 0 atom stereocenters. The SMILES string of the molecule is CC(=O)c1ccnc(N2CCC3(CC2)C(=O)N(CCO)C(=O)N3CC(C)C)c1. The van der Waals surface area contributed by atoms with Crippen LogP contribution in [0.15, 0.2) is 18.3 Å². The number of imide groups is 1. The highest BCUT2D eigenvalue weighted by Crippen LogP contribution is 2.38. The number of carbonyl (C=O) groups excluding carboxylic acids is 3. The number of hydrogen-bond acceptors (Lipinski definition) is 6. The van der Waals surface area contributed by atoms with E-state index >= 15 is 0 Å². The number of pyridine rings is 1. The van der Waals surface area contributed by atoms with E-state index in [9.17, 15) is 19.5 Å². The third-order valence-corrected chi connectivity index (χ3v) is 5.56. The average Bonchev–Trinajstić information content (AvgIpc) is 2.85. The summed E-state index contributed by atoms with van der Waals surface area (Å²) in [6.07, 6.45) is 2.62. The average molecular weight is 388 g/mol. The van der Waals surface area contributed by atoms with Gasteiger partial charge >= 0.3 is 6.03 Å². The van der Waals surface area contributed by atoms with Crippen molar-refractivity contribution in [3.05, 3.63) is 23.9 Å². The summed E-state index contributed by atoms with van der Waals surface area (Å²) in [6.45, 7) is 6.98. The Labute approximate surface area is 165 Å². The number of piperidine rings is 1. The summed E-state index contributed by atoms with van der Waals surface area (Å²) in [5.41, 5.74) is -0.251. The quantitative estimate of drug-likeness (QED) is 0.587. The van der Waals surface area contributed by atoms with E-state index in [1.807, 2.05) is 13.8 Å². The molecule has 8 heteroatoms. The van der Waals surface area contributed by atoms with Crippen molar-refractivity contribution in [2.75, 3.05) is 37.7 Å². The van der Waals surface area contributed by atoms with Crippen LogP contribution in [-0.4, -0.2) is 75.9 Å². The molecular formula is C20H28N4O4. The van der Waals surface area contributed by atoms with E-state index in [4.69, 9.17) is 0 Å². The van der Waals surface area contributed by atoms with Gasteiger partial charge in [-0.1, -0.05) is 13.8 Å². The number of anilines is 1. The molecule has 1 aromatic rings. The van der Waals surface area contributed by atoms with Crippen molar-refractivity contribution in [2.45, 2.75) is 39.2 Å². The maximum Gasteiger partial charge on any atom is 0.327 e. The van der Waals surface area contributed by atoms with Gasteiger partial charge in [0.1, 0.15) is 11.4 Å². The van der Waals surface area contributed by atoms with Crippen molar-refractivity contribution in [2.24, 2.45) is 5.92 Å². The summed E-state index contributed by atoms with van der Waals surface area (Å²) in [5, 5.41) is 9.27. The van der Waals surface area contributed by atoms with Crippen LogP contribution in [-0.2, 0) is 4.79 Å². The molecule has 1 N–H and O–H groups in total. The highest BCUT2D eigenvalue weighted by Gasteiger charge is 2.57. The topological polar surface area (TPSA) is 94.0 Å². The summed E-state index contributed by atoms with van der Waals surface area (Å²) in [6, 6.07) is 3.15. The number of nitrogens with zero attached hydrogens (tertiary/aromatic N) is 4. The van der Waals surface area contributed by atoms with Gasteiger partial charge in [-0.15, -0.1) is 0 Å². The van der Waals surface area contributed by atoms with E-state index in [1.165, 1.54) is 11.8 Å². The van der Waals surface area contributed by atoms with Crippen LogP contribution in [0.2, 0.25) is 0 Å². The Morgan fingerprint density at radius 3 is 2.54 bits per heavy atom. The second-order valence-corrected chi connectivity index (χ2v) is 7.94. The Kier molecular flexibility index (Phi) is 5.69. The molecule has 152 valence electrons. The number of Topliss-reactive ketones (excluding diaryl/α,β-unsaturated/α-hetero) is 1. The molecule has 0 unspecified atom stereocenters. The highest BCUT2D eigenvalue weighted by molar-refractivity contribution is 6.07. The molecule has 0 radical (unpaired) electrons. The van der Waals surface area contributed by atoms with Crippen molar-refractivity contribution < 1.29 is 19.5 Å². The van der Waals surface area contributed by atoms with E-state index in [1.54, 1.807) is 23.2 Å². The normalized spacial score (nSPS) is 19.2. The summed E-state index contributed by atoms with van der Waals surface area (Å²) in [7, 11) is 0. The molecule has 0 saturated carbocycles. The second kappa shape index (κ2) is 7.87. The number of carbonyl (C=O) groups is 3. The molecule has 3 amide bonds. The van der Waals surface area contributed by atoms with Crippen molar-refractivity contribution in [1.29, 1.82) is 0 Å². The molecule has 0 bridgehead atoms. The Morgan fingerprint density at radius 1 is 1.29 bits per heavy atom. The third-order valence-electron chi connectivity index (χ3n) is 5.56. The number of aliphatic hydroxyl groups is 1. The van der Waals surface area contributed by atoms with Gasteiger partial charge in [0.15, 0.2) is 5.78 Å². The van der Waals surface area contributed by atoms with Crippen LogP contribution in [0.1, 0.15) is 44.0 Å². The van der Waals surface area contributed by atoms with Crippen molar-refractivity contribution >= 4 is 23.5 Å². The predicted octanol–water partition coefficient (Wildman–Crippen LogP) is 1.54. The maximum atomic E-state index is 13.1. The van der Waals surface area contributed by atoms with Crippen LogP contribution >= 0.6 is 0 Å². The first-order valence-electron chi connectivity index (χ1n) is 9.76. The molecule has 2 aliphatic heterocycles. The summed E-state index contributed by atoms with van der Waals surface area (Å²) >= 11 is 0. The molecule has 28 heavy (non-hydrogen) atoms.